The lowest BCUT2D eigenvalue weighted by Gasteiger charge is -2.09. The van der Waals surface area contributed by atoms with Crippen LogP contribution in [0, 0.1) is 0 Å². The second-order valence-corrected chi connectivity index (χ2v) is 5.09. The van der Waals surface area contributed by atoms with Gasteiger partial charge in [0.2, 0.25) is 0 Å². The first-order valence-corrected chi connectivity index (χ1v) is 7.15. The van der Waals surface area contributed by atoms with Gasteiger partial charge >= 0.3 is 0 Å². The molecule has 0 aliphatic rings. The highest BCUT2D eigenvalue weighted by Gasteiger charge is 2.08. The number of aliphatic hydroxyl groups is 1. The predicted octanol–water partition coefficient (Wildman–Crippen LogP) is 3.54. The van der Waals surface area contributed by atoms with Crippen LogP contribution in [0.3, 0.4) is 0 Å². The molecule has 0 saturated carbocycles. The fourth-order valence-corrected chi connectivity index (χ4v) is 2.36. The molecular formula is C18H18N2O. The third-order valence-electron chi connectivity index (χ3n) is 3.55. The summed E-state index contributed by atoms with van der Waals surface area (Å²) in [6.07, 6.45) is 4.97. The van der Waals surface area contributed by atoms with Gasteiger partial charge in [-0.05, 0) is 36.1 Å². The van der Waals surface area contributed by atoms with E-state index in [1.807, 2.05) is 77.7 Å². The number of para-hydroxylation sites is 1. The maximum absolute atomic E-state index is 10.2. The Morgan fingerprint density at radius 3 is 2.33 bits per heavy atom. The van der Waals surface area contributed by atoms with Crippen molar-refractivity contribution in [3.05, 3.63) is 84.2 Å². The maximum atomic E-state index is 10.2. The summed E-state index contributed by atoms with van der Waals surface area (Å²) in [6.45, 7) is 0. The van der Waals surface area contributed by atoms with Gasteiger partial charge in [0.05, 0.1) is 18.0 Å². The van der Waals surface area contributed by atoms with Crippen LogP contribution < -0.4 is 0 Å². The first-order chi connectivity index (χ1) is 10.3. The van der Waals surface area contributed by atoms with Crippen LogP contribution in [0.25, 0.3) is 5.69 Å². The first-order valence-electron chi connectivity index (χ1n) is 7.15. The molecular weight excluding hydrogens is 260 g/mol. The molecule has 1 N–H and O–H groups in total. The fraction of sp³-hybridized carbons (Fsp3) is 0.167. The Labute approximate surface area is 124 Å². The zero-order valence-corrected chi connectivity index (χ0v) is 11.8. The molecule has 21 heavy (non-hydrogen) atoms. The second kappa shape index (κ2) is 6.37. The van der Waals surface area contributed by atoms with Crippen LogP contribution in [0.1, 0.15) is 23.7 Å². The highest BCUT2D eigenvalue weighted by atomic mass is 16.3. The van der Waals surface area contributed by atoms with Crippen LogP contribution in [0.5, 0.6) is 0 Å². The number of rotatable bonds is 5. The Kier molecular flexibility index (Phi) is 4.12. The molecule has 3 aromatic rings. The number of hydrogen-bond acceptors (Lipinski definition) is 2. The van der Waals surface area contributed by atoms with Crippen molar-refractivity contribution in [3.63, 3.8) is 0 Å². The molecule has 3 nitrogen and oxygen atoms in total. The minimum absolute atomic E-state index is 0.425. The van der Waals surface area contributed by atoms with E-state index >= 15 is 0 Å². The Bertz CT molecular complexity index is 677. The molecule has 0 amide bonds. The Balaban J connectivity index is 1.63. The molecule has 1 unspecified atom stereocenters. The van der Waals surface area contributed by atoms with E-state index in [-0.39, 0.29) is 0 Å². The summed E-state index contributed by atoms with van der Waals surface area (Å²) in [4.78, 5) is 0. The van der Waals surface area contributed by atoms with Crippen LogP contribution >= 0.6 is 0 Å². The van der Waals surface area contributed by atoms with Gasteiger partial charge in [0.25, 0.3) is 0 Å². The van der Waals surface area contributed by atoms with Crippen LogP contribution in [0.2, 0.25) is 0 Å². The Morgan fingerprint density at radius 2 is 1.62 bits per heavy atom. The number of aromatic nitrogens is 2. The predicted molar refractivity (Wildman–Crippen MR) is 83.3 cm³/mol. The molecule has 0 fully saturated rings. The Morgan fingerprint density at radius 1 is 0.952 bits per heavy atom. The van der Waals surface area contributed by atoms with Crippen molar-refractivity contribution in [3.8, 4) is 5.69 Å². The summed E-state index contributed by atoms with van der Waals surface area (Å²) in [5.41, 5.74) is 3.15. The molecule has 0 saturated heterocycles. The fourth-order valence-electron chi connectivity index (χ4n) is 2.36. The molecule has 0 aliphatic heterocycles. The minimum Gasteiger partial charge on any atom is -0.388 e. The van der Waals surface area contributed by atoms with Gasteiger partial charge in [-0.2, -0.15) is 5.10 Å². The standard InChI is InChI=1S/C18H18N2O/c21-18(16-7-3-1-4-8-16)12-11-15-13-19-20(14-15)17-9-5-2-6-10-17/h1-10,13-14,18,21H,11-12H2. The second-order valence-electron chi connectivity index (χ2n) is 5.09. The normalized spacial score (nSPS) is 12.2. The lowest BCUT2D eigenvalue weighted by Crippen LogP contribution is -1.99. The van der Waals surface area contributed by atoms with E-state index in [4.69, 9.17) is 0 Å². The summed E-state index contributed by atoms with van der Waals surface area (Å²) < 4.78 is 1.87. The smallest absolute Gasteiger partial charge is 0.0793 e. The van der Waals surface area contributed by atoms with Gasteiger partial charge in [0.15, 0.2) is 0 Å². The third-order valence-corrected chi connectivity index (χ3v) is 3.55. The van der Waals surface area contributed by atoms with Gasteiger partial charge in [0, 0.05) is 6.20 Å². The lowest BCUT2D eigenvalue weighted by molar-refractivity contribution is 0.168. The third kappa shape index (κ3) is 3.38. The topological polar surface area (TPSA) is 38.1 Å². The lowest BCUT2D eigenvalue weighted by atomic mass is 10.0. The molecule has 0 aliphatic carbocycles. The largest absolute Gasteiger partial charge is 0.388 e. The molecule has 1 heterocycles. The molecule has 0 radical (unpaired) electrons. The van der Waals surface area contributed by atoms with Gasteiger partial charge in [-0.1, -0.05) is 48.5 Å². The van der Waals surface area contributed by atoms with Gasteiger partial charge in [0.1, 0.15) is 0 Å². The highest BCUT2D eigenvalue weighted by molar-refractivity contribution is 5.31. The van der Waals surface area contributed by atoms with E-state index in [0.717, 1.165) is 23.2 Å². The average molecular weight is 278 g/mol. The SMILES string of the molecule is OC(CCc1cnn(-c2ccccc2)c1)c1ccccc1. The summed E-state index contributed by atoms with van der Waals surface area (Å²) >= 11 is 0. The van der Waals surface area contributed by atoms with Crippen molar-refractivity contribution in [2.24, 2.45) is 0 Å². The zero-order valence-electron chi connectivity index (χ0n) is 11.8. The van der Waals surface area contributed by atoms with E-state index in [1.165, 1.54) is 0 Å². The number of nitrogens with zero attached hydrogens (tertiary/aromatic N) is 2. The number of aliphatic hydroxyl groups excluding tert-OH is 1. The van der Waals surface area contributed by atoms with Crippen LogP contribution in [0.15, 0.2) is 73.1 Å². The van der Waals surface area contributed by atoms with Crippen molar-refractivity contribution >= 4 is 0 Å². The van der Waals surface area contributed by atoms with Crippen LogP contribution in [-0.4, -0.2) is 14.9 Å². The van der Waals surface area contributed by atoms with Crippen molar-refractivity contribution < 1.29 is 5.11 Å². The van der Waals surface area contributed by atoms with Gasteiger partial charge in [-0.3, -0.25) is 0 Å². The van der Waals surface area contributed by atoms with Crippen molar-refractivity contribution in [1.29, 1.82) is 0 Å². The quantitative estimate of drug-likeness (QED) is 0.775. The zero-order chi connectivity index (χ0) is 14.5. The molecule has 3 rings (SSSR count). The molecule has 1 aromatic heterocycles. The van der Waals surface area contributed by atoms with Crippen LogP contribution in [-0.2, 0) is 6.42 Å². The van der Waals surface area contributed by atoms with Crippen LogP contribution in [0.4, 0.5) is 0 Å². The van der Waals surface area contributed by atoms with Gasteiger partial charge in [-0.15, -0.1) is 0 Å². The molecule has 106 valence electrons. The van der Waals surface area contributed by atoms with Gasteiger partial charge in [-0.25, -0.2) is 4.68 Å². The van der Waals surface area contributed by atoms with E-state index < -0.39 is 6.10 Å². The molecule has 1 atom stereocenters. The summed E-state index contributed by atoms with van der Waals surface area (Å²) in [5.74, 6) is 0. The number of aryl methyl sites for hydroxylation is 1. The maximum Gasteiger partial charge on any atom is 0.0793 e. The van der Waals surface area contributed by atoms with Crippen molar-refractivity contribution in [2.45, 2.75) is 18.9 Å². The highest BCUT2D eigenvalue weighted by Crippen LogP contribution is 2.19. The van der Waals surface area contributed by atoms with Crippen molar-refractivity contribution in [2.75, 3.05) is 0 Å². The summed E-state index contributed by atoms with van der Waals surface area (Å²) in [7, 11) is 0. The van der Waals surface area contributed by atoms with Gasteiger partial charge < -0.3 is 5.11 Å². The molecule has 0 bridgehead atoms. The number of benzene rings is 2. The molecule has 0 spiro atoms. The number of hydrogen-bond donors (Lipinski definition) is 1. The van der Waals surface area contributed by atoms with E-state index in [2.05, 4.69) is 5.10 Å². The van der Waals surface area contributed by atoms with Crippen molar-refractivity contribution in [1.82, 2.24) is 9.78 Å². The minimum atomic E-state index is -0.425. The Hall–Kier alpha value is -2.39. The molecule has 3 heteroatoms. The van der Waals surface area contributed by atoms with E-state index in [9.17, 15) is 5.11 Å². The summed E-state index contributed by atoms with van der Waals surface area (Å²) in [5, 5.41) is 14.6. The molecule has 2 aromatic carbocycles. The van der Waals surface area contributed by atoms with E-state index in [0.29, 0.717) is 6.42 Å². The average Bonchev–Trinajstić information content (AvgIpc) is 3.03. The monoisotopic (exact) mass is 278 g/mol. The van der Waals surface area contributed by atoms with E-state index in [1.54, 1.807) is 0 Å². The first kappa shape index (κ1) is 13.6. The summed E-state index contributed by atoms with van der Waals surface area (Å²) in [6, 6.07) is 19.8.